The van der Waals surface area contributed by atoms with E-state index in [0.717, 1.165) is 5.56 Å². The van der Waals surface area contributed by atoms with Crippen molar-refractivity contribution >= 4 is 23.6 Å². The molecule has 0 bridgehead atoms. The Hall–Kier alpha value is -4.11. The average molecular weight is 371 g/mol. The number of aryl methyl sites for hydroxylation is 1. The molecule has 0 radical (unpaired) electrons. The molecule has 0 aliphatic carbocycles. The van der Waals surface area contributed by atoms with Crippen LogP contribution in [0.1, 0.15) is 21.6 Å². The van der Waals surface area contributed by atoms with Gasteiger partial charge >= 0.3 is 5.97 Å². The maximum Gasteiger partial charge on any atom is 0.335 e. The number of aromatic nitrogens is 1. The van der Waals surface area contributed by atoms with Gasteiger partial charge in [0.1, 0.15) is 11.6 Å². The zero-order chi connectivity index (χ0) is 20.1. The summed E-state index contributed by atoms with van der Waals surface area (Å²) in [4.78, 5) is 23.7. The lowest BCUT2D eigenvalue weighted by Crippen LogP contribution is -2.14. The number of nitrogens with one attached hydrogen (secondary N) is 1. The van der Waals surface area contributed by atoms with Crippen molar-refractivity contribution in [2.24, 2.45) is 0 Å². The molecule has 1 heterocycles. The minimum Gasteiger partial charge on any atom is -0.478 e. The maximum atomic E-state index is 12.5. The van der Waals surface area contributed by atoms with Crippen molar-refractivity contribution in [2.75, 3.05) is 5.32 Å². The molecule has 0 fully saturated rings. The fraction of sp³-hybridized carbons (Fsp3) is 0.0455. The van der Waals surface area contributed by atoms with Gasteiger partial charge in [-0.15, -0.1) is 0 Å². The molecule has 2 N–H and O–H groups in total. The highest BCUT2D eigenvalue weighted by Crippen LogP contribution is 2.19. The lowest BCUT2D eigenvalue weighted by atomic mass is 10.1. The fourth-order valence-corrected chi connectivity index (χ4v) is 2.73. The van der Waals surface area contributed by atoms with Gasteiger partial charge in [0, 0.05) is 23.3 Å². The van der Waals surface area contributed by atoms with Crippen LogP contribution in [-0.4, -0.2) is 21.6 Å². The van der Waals surface area contributed by atoms with E-state index >= 15 is 0 Å². The second kappa shape index (κ2) is 8.06. The minimum atomic E-state index is -1.03. The quantitative estimate of drug-likeness (QED) is 0.523. The Bertz CT molecular complexity index is 1120. The number of hydrogen-bond donors (Lipinski definition) is 2. The monoisotopic (exact) mass is 371 g/mol. The molecule has 6 nitrogen and oxygen atoms in total. The molecule has 0 saturated carbocycles. The maximum absolute atomic E-state index is 12.5. The van der Waals surface area contributed by atoms with Crippen LogP contribution in [0.4, 0.5) is 5.69 Å². The third kappa shape index (κ3) is 4.00. The van der Waals surface area contributed by atoms with Gasteiger partial charge in [0.2, 0.25) is 0 Å². The molecule has 0 spiro atoms. The van der Waals surface area contributed by atoms with Crippen molar-refractivity contribution in [1.82, 2.24) is 4.57 Å². The zero-order valence-electron chi connectivity index (χ0n) is 15.1. The van der Waals surface area contributed by atoms with E-state index in [4.69, 9.17) is 0 Å². The number of hydrogen-bond acceptors (Lipinski definition) is 3. The molecule has 138 valence electrons. The molecule has 0 aliphatic rings. The van der Waals surface area contributed by atoms with E-state index in [1.54, 1.807) is 47.2 Å². The summed E-state index contributed by atoms with van der Waals surface area (Å²) in [5.74, 6) is -1.54. The van der Waals surface area contributed by atoms with Gasteiger partial charge in [-0.2, -0.15) is 5.26 Å². The molecule has 6 heteroatoms. The third-order valence-corrected chi connectivity index (χ3v) is 4.20. The number of anilines is 1. The van der Waals surface area contributed by atoms with Gasteiger partial charge in [-0.05, 0) is 55.0 Å². The van der Waals surface area contributed by atoms with E-state index in [-0.39, 0.29) is 11.1 Å². The molecule has 0 aliphatic heterocycles. The number of nitriles is 1. The number of aromatic carboxylic acids is 1. The number of amides is 1. The summed E-state index contributed by atoms with van der Waals surface area (Å²) in [6, 6.07) is 19.2. The van der Waals surface area contributed by atoms with Crippen LogP contribution in [0.25, 0.3) is 11.8 Å². The topological polar surface area (TPSA) is 95.1 Å². The first-order valence-electron chi connectivity index (χ1n) is 8.49. The first-order valence-corrected chi connectivity index (χ1v) is 8.49. The molecule has 1 amide bonds. The summed E-state index contributed by atoms with van der Waals surface area (Å²) < 4.78 is 1.71. The molecule has 3 rings (SSSR count). The summed E-state index contributed by atoms with van der Waals surface area (Å²) in [7, 11) is 0. The van der Waals surface area contributed by atoms with E-state index in [0.29, 0.717) is 17.1 Å². The fourth-order valence-electron chi connectivity index (χ4n) is 2.73. The van der Waals surface area contributed by atoms with Crippen molar-refractivity contribution in [2.45, 2.75) is 6.92 Å². The second-order valence-corrected chi connectivity index (χ2v) is 6.10. The van der Waals surface area contributed by atoms with Crippen LogP contribution in [0, 0.1) is 18.3 Å². The van der Waals surface area contributed by atoms with Gasteiger partial charge in [0.25, 0.3) is 5.91 Å². The van der Waals surface area contributed by atoms with Crippen molar-refractivity contribution < 1.29 is 14.7 Å². The van der Waals surface area contributed by atoms with Crippen LogP contribution in [0.3, 0.4) is 0 Å². The van der Waals surface area contributed by atoms with E-state index in [1.165, 1.54) is 18.2 Å². The Balaban J connectivity index is 1.93. The van der Waals surface area contributed by atoms with Crippen LogP contribution in [0.15, 0.2) is 72.4 Å². The van der Waals surface area contributed by atoms with Gasteiger partial charge in [-0.1, -0.05) is 24.3 Å². The number of carbonyl (C=O) groups is 2. The van der Waals surface area contributed by atoms with Crippen LogP contribution < -0.4 is 5.32 Å². The molecule has 0 unspecified atom stereocenters. The molecule has 3 aromatic rings. The van der Waals surface area contributed by atoms with Gasteiger partial charge < -0.3 is 15.0 Å². The number of carboxylic acids is 1. The largest absolute Gasteiger partial charge is 0.478 e. The van der Waals surface area contributed by atoms with E-state index in [2.05, 4.69) is 5.32 Å². The standard InChI is InChI=1S/C22H17N3O3/c1-15-6-2-3-10-20(15)24-21(26)17(14-23)13-19-9-5-11-25(19)18-8-4-7-16(12-18)22(27)28/h2-13H,1H3,(H,24,26)(H,27,28)/b17-13-. The minimum absolute atomic E-state index is 0.0578. The highest BCUT2D eigenvalue weighted by Gasteiger charge is 2.13. The third-order valence-electron chi connectivity index (χ3n) is 4.20. The van der Waals surface area contributed by atoms with Crippen molar-refractivity contribution in [3.63, 3.8) is 0 Å². The smallest absolute Gasteiger partial charge is 0.335 e. The zero-order valence-corrected chi connectivity index (χ0v) is 15.1. The highest BCUT2D eigenvalue weighted by molar-refractivity contribution is 6.09. The van der Waals surface area contributed by atoms with Gasteiger partial charge in [-0.25, -0.2) is 4.79 Å². The SMILES string of the molecule is Cc1ccccc1NC(=O)/C(C#N)=C\c1cccn1-c1cccc(C(=O)O)c1. The number of nitrogens with zero attached hydrogens (tertiary/aromatic N) is 2. The predicted octanol–water partition coefficient (Wildman–Crippen LogP) is 4.03. The van der Waals surface area contributed by atoms with Crippen molar-refractivity contribution in [3.05, 3.63) is 89.3 Å². The van der Waals surface area contributed by atoms with Crippen molar-refractivity contribution in [3.8, 4) is 11.8 Å². The number of carbonyl (C=O) groups excluding carboxylic acids is 1. The Labute approximate surface area is 162 Å². The Morgan fingerprint density at radius 3 is 2.61 bits per heavy atom. The first kappa shape index (κ1) is 18.7. The number of rotatable bonds is 5. The molecular formula is C22H17N3O3. The normalized spacial score (nSPS) is 10.9. The van der Waals surface area contributed by atoms with Crippen LogP contribution in [0.5, 0.6) is 0 Å². The van der Waals surface area contributed by atoms with E-state index in [9.17, 15) is 20.0 Å². The van der Waals surface area contributed by atoms with Gasteiger partial charge in [0.05, 0.1) is 5.56 Å². The second-order valence-electron chi connectivity index (χ2n) is 6.10. The molecule has 0 atom stereocenters. The average Bonchev–Trinajstić information content (AvgIpc) is 3.16. The molecule has 28 heavy (non-hydrogen) atoms. The molecule has 2 aromatic carbocycles. The first-order chi connectivity index (χ1) is 13.5. The lowest BCUT2D eigenvalue weighted by molar-refractivity contribution is -0.112. The summed E-state index contributed by atoms with van der Waals surface area (Å²) in [5.41, 5.74) is 2.82. The number of para-hydroxylation sites is 1. The summed E-state index contributed by atoms with van der Waals surface area (Å²) in [5, 5.41) is 21.4. The lowest BCUT2D eigenvalue weighted by Gasteiger charge is -2.09. The summed E-state index contributed by atoms with van der Waals surface area (Å²) in [6.45, 7) is 1.87. The summed E-state index contributed by atoms with van der Waals surface area (Å²) in [6.07, 6.45) is 3.21. The van der Waals surface area contributed by atoms with Gasteiger partial charge in [0.15, 0.2) is 0 Å². The predicted molar refractivity (Wildman–Crippen MR) is 106 cm³/mol. The highest BCUT2D eigenvalue weighted by atomic mass is 16.4. The van der Waals surface area contributed by atoms with E-state index in [1.807, 2.05) is 25.1 Å². The van der Waals surface area contributed by atoms with Crippen LogP contribution in [-0.2, 0) is 4.79 Å². The van der Waals surface area contributed by atoms with E-state index < -0.39 is 11.9 Å². The number of carboxylic acid groups (broad SMARTS) is 1. The Kier molecular flexibility index (Phi) is 5.38. The van der Waals surface area contributed by atoms with Crippen molar-refractivity contribution in [1.29, 1.82) is 5.26 Å². The molecular weight excluding hydrogens is 354 g/mol. The molecule has 0 saturated heterocycles. The van der Waals surface area contributed by atoms with Crippen LogP contribution in [0.2, 0.25) is 0 Å². The Morgan fingerprint density at radius 1 is 1.11 bits per heavy atom. The number of benzene rings is 2. The Morgan fingerprint density at radius 2 is 1.89 bits per heavy atom. The molecule has 1 aromatic heterocycles. The summed E-state index contributed by atoms with van der Waals surface area (Å²) >= 11 is 0. The van der Waals surface area contributed by atoms with Crippen LogP contribution >= 0.6 is 0 Å². The van der Waals surface area contributed by atoms with Gasteiger partial charge in [-0.3, -0.25) is 4.79 Å².